The molecule has 5 nitrogen and oxygen atoms in total. The van der Waals surface area contributed by atoms with Crippen molar-refractivity contribution < 1.29 is 4.74 Å². The second kappa shape index (κ2) is 8.05. The normalized spacial score (nSPS) is 13.8. The summed E-state index contributed by atoms with van der Waals surface area (Å²) in [6.07, 6.45) is 3.47. The van der Waals surface area contributed by atoms with E-state index in [-0.39, 0.29) is 6.10 Å². The maximum absolute atomic E-state index is 6.25. The summed E-state index contributed by atoms with van der Waals surface area (Å²) in [7, 11) is 0. The van der Waals surface area contributed by atoms with E-state index in [1.54, 1.807) is 23.7 Å². The summed E-state index contributed by atoms with van der Waals surface area (Å²) in [4.78, 5) is 18.3. The first-order chi connectivity index (χ1) is 15.8. The fourth-order valence-corrected chi connectivity index (χ4v) is 4.89. The van der Waals surface area contributed by atoms with E-state index in [9.17, 15) is 0 Å². The lowest BCUT2D eigenvalue weighted by Gasteiger charge is -2.39. The van der Waals surface area contributed by atoms with Crippen molar-refractivity contribution in [3.8, 4) is 26.9 Å². The van der Waals surface area contributed by atoms with E-state index < -0.39 is 0 Å². The zero-order valence-electron chi connectivity index (χ0n) is 17.3. The van der Waals surface area contributed by atoms with Crippen LogP contribution in [0.4, 0.5) is 5.82 Å². The summed E-state index contributed by atoms with van der Waals surface area (Å²) in [6, 6.07) is 27.0. The molecule has 0 bridgehead atoms. The monoisotopic (exact) mass is 436 g/mol. The average molecular weight is 437 g/mol. The fraction of sp³-hybridized carbons (Fsp3) is 0.115. The molecule has 3 aromatic heterocycles. The van der Waals surface area contributed by atoms with Gasteiger partial charge in [0.05, 0.1) is 23.5 Å². The third-order valence-electron chi connectivity index (χ3n) is 5.60. The summed E-state index contributed by atoms with van der Waals surface area (Å²) in [5.41, 5.74) is 3.01. The first kappa shape index (κ1) is 19.0. The average Bonchev–Trinajstić information content (AvgIpc) is 3.32. The molecule has 32 heavy (non-hydrogen) atoms. The van der Waals surface area contributed by atoms with Crippen LogP contribution in [0, 0.1) is 0 Å². The fourth-order valence-electron chi connectivity index (χ4n) is 3.89. The third kappa shape index (κ3) is 3.59. The number of para-hydroxylation sites is 1. The van der Waals surface area contributed by atoms with E-state index in [0.717, 1.165) is 40.4 Å². The molecular formula is C26H20N4OS. The molecule has 1 fully saturated rings. The summed E-state index contributed by atoms with van der Waals surface area (Å²) < 4.78 is 6.25. The second-order valence-electron chi connectivity index (χ2n) is 7.75. The highest BCUT2D eigenvalue weighted by atomic mass is 32.1. The van der Waals surface area contributed by atoms with Crippen LogP contribution in [0.25, 0.3) is 31.9 Å². The van der Waals surface area contributed by atoms with E-state index in [1.807, 2.05) is 24.3 Å². The quantitative estimate of drug-likeness (QED) is 0.354. The Kier molecular flexibility index (Phi) is 4.77. The molecule has 0 radical (unpaired) electrons. The zero-order chi connectivity index (χ0) is 21.3. The molecule has 1 aliphatic rings. The number of benzene rings is 2. The molecule has 0 spiro atoms. The Balaban J connectivity index is 1.18. The van der Waals surface area contributed by atoms with Crippen LogP contribution in [0.5, 0.6) is 5.88 Å². The van der Waals surface area contributed by atoms with E-state index in [0.29, 0.717) is 5.88 Å². The molecule has 0 unspecified atom stereocenters. The van der Waals surface area contributed by atoms with Gasteiger partial charge in [-0.2, -0.15) is 0 Å². The van der Waals surface area contributed by atoms with Crippen LogP contribution in [0.15, 0.2) is 91.3 Å². The van der Waals surface area contributed by atoms with Gasteiger partial charge in [0, 0.05) is 22.7 Å². The van der Waals surface area contributed by atoms with Crippen LogP contribution in [-0.2, 0) is 0 Å². The van der Waals surface area contributed by atoms with Gasteiger partial charge >= 0.3 is 0 Å². The molecule has 5 aromatic rings. The number of fused-ring (bicyclic) bond motifs is 1. The summed E-state index contributed by atoms with van der Waals surface area (Å²) in [6.45, 7) is 1.56. The minimum atomic E-state index is 0.0623. The molecule has 0 atom stereocenters. The van der Waals surface area contributed by atoms with Crippen LogP contribution in [0.1, 0.15) is 0 Å². The molecule has 0 saturated carbocycles. The minimum Gasteiger partial charge on any atom is -0.469 e. The lowest BCUT2D eigenvalue weighted by molar-refractivity contribution is 0.160. The Hall–Kier alpha value is -3.77. The third-order valence-corrected chi connectivity index (χ3v) is 6.74. The van der Waals surface area contributed by atoms with Gasteiger partial charge in [0.25, 0.3) is 0 Å². The van der Waals surface area contributed by atoms with Crippen molar-refractivity contribution in [2.45, 2.75) is 6.10 Å². The molecule has 6 heteroatoms. The number of nitrogens with zero attached hydrogens (tertiary/aromatic N) is 4. The molecule has 2 aromatic carbocycles. The first-order valence-electron chi connectivity index (χ1n) is 10.6. The molecule has 1 aliphatic heterocycles. The number of hydrogen-bond donors (Lipinski definition) is 0. The predicted octanol–water partition coefficient (Wildman–Crippen LogP) is 5.69. The smallest absolute Gasteiger partial charge is 0.241 e. The molecule has 4 heterocycles. The Morgan fingerprint density at radius 3 is 2.47 bits per heavy atom. The van der Waals surface area contributed by atoms with Crippen LogP contribution >= 0.6 is 11.3 Å². The van der Waals surface area contributed by atoms with Crippen LogP contribution in [-0.4, -0.2) is 34.1 Å². The van der Waals surface area contributed by atoms with E-state index >= 15 is 0 Å². The Labute approximate surface area is 190 Å². The molecule has 6 rings (SSSR count). The minimum absolute atomic E-state index is 0.0623. The Morgan fingerprint density at radius 1 is 0.781 bits per heavy atom. The molecular weight excluding hydrogens is 416 g/mol. The largest absolute Gasteiger partial charge is 0.469 e. The van der Waals surface area contributed by atoms with Gasteiger partial charge in [-0.25, -0.2) is 15.0 Å². The maximum atomic E-state index is 6.25. The number of rotatable bonds is 5. The van der Waals surface area contributed by atoms with Crippen molar-refractivity contribution in [3.05, 3.63) is 91.3 Å². The number of thiophene rings is 1. The van der Waals surface area contributed by atoms with Crippen LogP contribution in [0.2, 0.25) is 0 Å². The van der Waals surface area contributed by atoms with Gasteiger partial charge in [-0.3, -0.25) is 0 Å². The van der Waals surface area contributed by atoms with Crippen molar-refractivity contribution in [1.82, 2.24) is 15.0 Å². The van der Waals surface area contributed by atoms with E-state index in [4.69, 9.17) is 9.72 Å². The Morgan fingerprint density at radius 2 is 1.56 bits per heavy atom. The van der Waals surface area contributed by atoms with Gasteiger partial charge in [0.15, 0.2) is 0 Å². The first-order valence-corrected chi connectivity index (χ1v) is 11.4. The van der Waals surface area contributed by atoms with E-state index in [1.165, 1.54) is 10.4 Å². The van der Waals surface area contributed by atoms with Crippen molar-refractivity contribution in [2.75, 3.05) is 18.0 Å². The highest BCUT2D eigenvalue weighted by Gasteiger charge is 2.31. The summed E-state index contributed by atoms with van der Waals surface area (Å²) >= 11 is 1.70. The molecule has 0 aliphatic carbocycles. The number of pyridine rings is 1. The van der Waals surface area contributed by atoms with Crippen molar-refractivity contribution >= 4 is 28.1 Å². The van der Waals surface area contributed by atoms with Crippen LogP contribution < -0.4 is 9.64 Å². The van der Waals surface area contributed by atoms with Gasteiger partial charge in [-0.1, -0.05) is 48.5 Å². The van der Waals surface area contributed by atoms with Gasteiger partial charge in [-0.05, 0) is 35.9 Å². The van der Waals surface area contributed by atoms with Gasteiger partial charge in [0.2, 0.25) is 5.88 Å². The lowest BCUT2D eigenvalue weighted by Crippen LogP contribution is -2.54. The predicted molar refractivity (Wildman–Crippen MR) is 129 cm³/mol. The number of hydrogen-bond acceptors (Lipinski definition) is 6. The van der Waals surface area contributed by atoms with Crippen molar-refractivity contribution in [3.63, 3.8) is 0 Å². The summed E-state index contributed by atoms with van der Waals surface area (Å²) in [5.74, 6) is 1.57. The Bertz CT molecular complexity index is 1380. The van der Waals surface area contributed by atoms with Gasteiger partial charge in [-0.15, -0.1) is 11.3 Å². The maximum Gasteiger partial charge on any atom is 0.241 e. The number of ether oxygens (including phenoxy) is 1. The van der Waals surface area contributed by atoms with Crippen molar-refractivity contribution in [2.24, 2.45) is 0 Å². The highest BCUT2D eigenvalue weighted by molar-refractivity contribution is 7.18. The van der Waals surface area contributed by atoms with Gasteiger partial charge in [0.1, 0.15) is 17.6 Å². The molecule has 0 N–H and O–H groups in total. The molecule has 0 amide bonds. The lowest BCUT2D eigenvalue weighted by atomic mass is 10.1. The topological polar surface area (TPSA) is 51.1 Å². The second-order valence-corrected chi connectivity index (χ2v) is 8.83. The zero-order valence-corrected chi connectivity index (χ0v) is 18.1. The van der Waals surface area contributed by atoms with Crippen molar-refractivity contribution in [1.29, 1.82) is 0 Å². The molecule has 1 saturated heterocycles. The summed E-state index contributed by atoms with van der Waals surface area (Å²) in [5, 5.41) is 1.15. The van der Waals surface area contributed by atoms with Crippen LogP contribution in [0.3, 0.4) is 0 Å². The SMILES string of the molecule is c1ccc(-c2ccc(-c3nccnc3OC3CN(c4ccc5ccccc5n4)C3)s2)cc1. The number of anilines is 1. The van der Waals surface area contributed by atoms with E-state index in [2.05, 4.69) is 69.5 Å². The standard InChI is InChI=1S/C26H20N4OS/c1-2-7-19(8-3-1)22-11-12-23(32-22)25-26(28-15-14-27-25)31-20-16-30(17-20)24-13-10-18-6-4-5-9-21(18)29-24/h1-15,20H,16-17H2. The number of aromatic nitrogens is 3. The highest BCUT2D eigenvalue weighted by Crippen LogP contribution is 2.37. The van der Waals surface area contributed by atoms with Gasteiger partial charge < -0.3 is 9.64 Å². The molecule has 156 valence electrons.